The summed E-state index contributed by atoms with van der Waals surface area (Å²) in [6.45, 7) is 8.37. The van der Waals surface area contributed by atoms with Crippen LogP contribution < -0.4 is 10.1 Å². The summed E-state index contributed by atoms with van der Waals surface area (Å²) in [6.07, 6.45) is 1.45. The molecule has 0 saturated carbocycles. The normalized spacial score (nSPS) is 11.0. The van der Waals surface area contributed by atoms with Crippen LogP contribution in [0.3, 0.4) is 0 Å². The molecule has 2 aromatic rings. The van der Waals surface area contributed by atoms with E-state index in [2.05, 4.69) is 10.3 Å². The van der Waals surface area contributed by atoms with E-state index in [0.717, 1.165) is 0 Å². The third-order valence-corrected chi connectivity index (χ3v) is 3.35. The van der Waals surface area contributed by atoms with E-state index in [0.29, 0.717) is 29.3 Å². The second kappa shape index (κ2) is 7.29. The number of hydrogen-bond acceptors (Lipinski definition) is 5. The minimum atomic E-state index is -0.455. The lowest BCUT2D eigenvalue weighted by atomic mass is 9.97. The zero-order valence-electron chi connectivity index (χ0n) is 14.7. The number of aryl methyl sites for hydroxylation is 1. The standard InChI is InChI=1S/C18H21N3O4/c1-12-9-13(21(23)24)5-8-16(12)25-14-6-7-15(19-10-14)17(22)20-11-18(2,3)4/h5-10H,11H2,1-4H3,(H,20,22). The molecule has 1 aromatic heterocycles. The van der Waals surface area contributed by atoms with Crippen molar-refractivity contribution in [1.82, 2.24) is 10.3 Å². The maximum atomic E-state index is 12.0. The molecule has 25 heavy (non-hydrogen) atoms. The Morgan fingerprint density at radius 3 is 2.52 bits per heavy atom. The number of ether oxygens (including phenoxy) is 1. The van der Waals surface area contributed by atoms with Crippen molar-refractivity contribution >= 4 is 11.6 Å². The number of amides is 1. The smallest absolute Gasteiger partial charge is 0.269 e. The Morgan fingerprint density at radius 2 is 2.00 bits per heavy atom. The van der Waals surface area contributed by atoms with Crippen molar-refractivity contribution in [1.29, 1.82) is 0 Å². The number of nitrogens with one attached hydrogen (secondary N) is 1. The molecule has 0 saturated heterocycles. The highest BCUT2D eigenvalue weighted by molar-refractivity contribution is 5.92. The van der Waals surface area contributed by atoms with E-state index in [1.807, 2.05) is 20.8 Å². The van der Waals surface area contributed by atoms with E-state index < -0.39 is 4.92 Å². The van der Waals surface area contributed by atoms with Crippen molar-refractivity contribution < 1.29 is 14.5 Å². The van der Waals surface area contributed by atoms with Crippen molar-refractivity contribution in [3.05, 3.63) is 57.9 Å². The van der Waals surface area contributed by atoms with Gasteiger partial charge in [0, 0.05) is 18.7 Å². The first-order chi connectivity index (χ1) is 11.7. The van der Waals surface area contributed by atoms with Gasteiger partial charge in [-0.05, 0) is 36.1 Å². The van der Waals surface area contributed by atoms with Gasteiger partial charge >= 0.3 is 0 Å². The molecule has 0 bridgehead atoms. The fourth-order valence-corrected chi connectivity index (χ4v) is 2.00. The van der Waals surface area contributed by atoms with Gasteiger partial charge < -0.3 is 10.1 Å². The Labute approximate surface area is 146 Å². The maximum Gasteiger partial charge on any atom is 0.269 e. The summed E-state index contributed by atoms with van der Waals surface area (Å²) in [4.78, 5) is 26.4. The van der Waals surface area contributed by atoms with Gasteiger partial charge in [-0.2, -0.15) is 0 Å². The molecule has 0 atom stereocenters. The topological polar surface area (TPSA) is 94.4 Å². The summed E-state index contributed by atoms with van der Waals surface area (Å²) in [7, 11) is 0. The Kier molecular flexibility index (Phi) is 5.36. The molecule has 0 unspecified atom stereocenters. The highest BCUT2D eigenvalue weighted by atomic mass is 16.6. The van der Waals surface area contributed by atoms with Crippen LogP contribution >= 0.6 is 0 Å². The number of nitrogens with zero attached hydrogens (tertiary/aromatic N) is 2. The van der Waals surface area contributed by atoms with Crippen LogP contribution in [-0.4, -0.2) is 22.4 Å². The average Bonchev–Trinajstić information content (AvgIpc) is 2.54. The summed E-state index contributed by atoms with van der Waals surface area (Å²) in [5.41, 5.74) is 0.943. The lowest BCUT2D eigenvalue weighted by molar-refractivity contribution is -0.384. The quantitative estimate of drug-likeness (QED) is 0.657. The molecule has 0 fully saturated rings. The van der Waals surface area contributed by atoms with Crippen LogP contribution in [0.25, 0.3) is 0 Å². The van der Waals surface area contributed by atoms with Crippen molar-refractivity contribution in [3.8, 4) is 11.5 Å². The van der Waals surface area contributed by atoms with Gasteiger partial charge in [-0.1, -0.05) is 20.8 Å². The third-order valence-electron chi connectivity index (χ3n) is 3.35. The van der Waals surface area contributed by atoms with E-state index >= 15 is 0 Å². The largest absolute Gasteiger partial charge is 0.455 e. The molecular formula is C18H21N3O4. The van der Waals surface area contributed by atoms with Crippen molar-refractivity contribution in [2.75, 3.05) is 6.54 Å². The molecule has 0 aliphatic carbocycles. The van der Waals surface area contributed by atoms with Crippen LogP contribution in [0.15, 0.2) is 36.5 Å². The van der Waals surface area contributed by atoms with Crippen molar-refractivity contribution in [2.24, 2.45) is 5.41 Å². The van der Waals surface area contributed by atoms with E-state index in [9.17, 15) is 14.9 Å². The lowest BCUT2D eigenvalue weighted by Gasteiger charge is -2.18. The molecule has 7 heteroatoms. The van der Waals surface area contributed by atoms with Gasteiger partial charge in [-0.25, -0.2) is 4.98 Å². The number of hydrogen-bond donors (Lipinski definition) is 1. The number of nitro groups is 1. The zero-order chi connectivity index (χ0) is 18.6. The molecule has 0 spiro atoms. The minimum absolute atomic E-state index is 0.00778. The molecule has 1 amide bonds. The first kappa shape index (κ1) is 18.4. The first-order valence-corrected chi connectivity index (χ1v) is 7.83. The van der Waals surface area contributed by atoms with Crippen LogP contribution in [0.5, 0.6) is 11.5 Å². The van der Waals surface area contributed by atoms with Gasteiger partial charge in [0.2, 0.25) is 0 Å². The third kappa shape index (κ3) is 5.27. The number of benzene rings is 1. The van der Waals surface area contributed by atoms with E-state index in [1.54, 1.807) is 19.1 Å². The van der Waals surface area contributed by atoms with E-state index in [-0.39, 0.29) is 17.0 Å². The number of carbonyl (C=O) groups excluding carboxylic acids is 1. The Hall–Kier alpha value is -2.96. The average molecular weight is 343 g/mol. The number of pyridine rings is 1. The van der Waals surface area contributed by atoms with Gasteiger partial charge in [-0.15, -0.1) is 0 Å². The predicted octanol–water partition coefficient (Wildman–Crippen LogP) is 3.87. The van der Waals surface area contributed by atoms with Crippen molar-refractivity contribution in [2.45, 2.75) is 27.7 Å². The van der Waals surface area contributed by atoms with Gasteiger partial charge in [0.1, 0.15) is 17.2 Å². The molecule has 0 aliphatic rings. The van der Waals surface area contributed by atoms with Crippen LogP contribution in [0.4, 0.5) is 5.69 Å². The zero-order valence-corrected chi connectivity index (χ0v) is 14.7. The molecule has 1 aromatic carbocycles. The maximum absolute atomic E-state index is 12.0. The number of nitro benzene ring substituents is 1. The predicted molar refractivity (Wildman–Crippen MR) is 93.9 cm³/mol. The molecule has 1 N–H and O–H groups in total. The van der Waals surface area contributed by atoms with Gasteiger partial charge in [0.25, 0.3) is 11.6 Å². The van der Waals surface area contributed by atoms with E-state index in [4.69, 9.17) is 4.74 Å². The molecular weight excluding hydrogens is 322 g/mol. The lowest BCUT2D eigenvalue weighted by Crippen LogP contribution is -2.32. The fraction of sp³-hybridized carbons (Fsp3) is 0.333. The van der Waals surface area contributed by atoms with Crippen LogP contribution in [0.1, 0.15) is 36.8 Å². The molecule has 1 heterocycles. The summed E-state index contributed by atoms with van der Waals surface area (Å²) < 4.78 is 5.68. The van der Waals surface area contributed by atoms with Crippen molar-refractivity contribution in [3.63, 3.8) is 0 Å². The minimum Gasteiger partial charge on any atom is -0.455 e. The summed E-state index contributed by atoms with van der Waals surface area (Å²) in [5, 5.41) is 13.6. The molecule has 0 radical (unpaired) electrons. The summed E-state index contributed by atoms with van der Waals surface area (Å²) >= 11 is 0. The van der Waals surface area contributed by atoms with Crippen LogP contribution in [-0.2, 0) is 0 Å². The highest BCUT2D eigenvalue weighted by Crippen LogP contribution is 2.27. The number of rotatable bonds is 5. The number of aromatic nitrogens is 1. The monoisotopic (exact) mass is 343 g/mol. The van der Waals surface area contributed by atoms with Crippen LogP contribution in [0, 0.1) is 22.5 Å². The number of carbonyl (C=O) groups is 1. The SMILES string of the molecule is Cc1cc([N+](=O)[O-])ccc1Oc1ccc(C(=O)NCC(C)(C)C)nc1. The molecule has 0 aliphatic heterocycles. The van der Waals surface area contributed by atoms with Gasteiger partial charge in [0.05, 0.1) is 11.1 Å². The molecule has 132 valence electrons. The second-order valence-electron chi connectivity index (χ2n) is 6.93. The van der Waals surface area contributed by atoms with E-state index in [1.165, 1.54) is 24.4 Å². The molecule has 2 rings (SSSR count). The first-order valence-electron chi connectivity index (χ1n) is 7.83. The Morgan fingerprint density at radius 1 is 1.28 bits per heavy atom. The second-order valence-corrected chi connectivity index (χ2v) is 6.93. The van der Waals surface area contributed by atoms with Crippen LogP contribution in [0.2, 0.25) is 0 Å². The highest BCUT2D eigenvalue weighted by Gasteiger charge is 2.14. The van der Waals surface area contributed by atoms with Gasteiger partial charge in [-0.3, -0.25) is 14.9 Å². The fourth-order valence-electron chi connectivity index (χ4n) is 2.00. The number of non-ortho nitro benzene ring substituents is 1. The Bertz CT molecular complexity index is 780. The summed E-state index contributed by atoms with van der Waals surface area (Å²) in [5.74, 6) is 0.703. The summed E-state index contributed by atoms with van der Waals surface area (Å²) in [6, 6.07) is 7.58. The molecule has 7 nitrogen and oxygen atoms in total. The Balaban J connectivity index is 2.05. The van der Waals surface area contributed by atoms with Gasteiger partial charge in [0.15, 0.2) is 0 Å².